The Balaban J connectivity index is 0. The molecular formula is C9H8F3LiO3S. The van der Waals surface area contributed by atoms with E-state index in [1.807, 2.05) is 0 Å². The topological polar surface area (TPSA) is 43.4 Å². The first-order valence-corrected chi connectivity index (χ1v) is 5.45. The largest absolute Gasteiger partial charge is 1.00 e. The van der Waals surface area contributed by atoms with Gasteiger partial charge in [-0.3, -0.25) is 0 Å². The van der Waals surface area contributed by atoms with E-state index in [4.69, 9.17) is 0 Å². The molecule has 1 aromatic carbocycles. The molecular weight excluding hydrogens is 252 g/mol. The van der Waals surface area contributed by atoms with Crippen molar-refractivity contribution in [2.45, 2.75) is 5.51 Å². The van der Waals surface area contributed by atoms with Gasteiger partial charge < -0.3 is 5.61 Å². The molecule has 0 heterocycles. The summed E-state index contributed by atoms with van der Waals surface area (Å²) in [4.78, 5) is 0. The molecule has 0 N–H and O–H groups in total. The van der Waals surface area contributed by atoms with Crippen LogP contribution in [0.1, 0.15) is 6.99 Å². The fourth-order valence-electron chi connectivity index (χ4n) is 0.798. The van der Waals surface area contributed by atoms with E-state index in [9.17, 15) is 21.6 Å². The van der Waals surface area contributed by atoms with Crippen molar-refractivity contribution in [1.82, 2.24) is 0 Å². The van der Waals surface area contributed by atoms with Gasteiger partial charge in [-0.05, 0) is 11.6 Å². The Hall–Kier alpha value is -0.903. The van der Waals surface area contributed by atoms with Crippen molar-refractivity contribution < 1.29 is 46.1 Å². The number of halogens is 3. The van der Waals surface area contributed by atoms with Crippen LogP contribution < -0.4 is 18.9 Å². The summed E-state index contributed by atoms with van der Waals surface area (Å²) < 4.78 is 60.0. The Morgan fingerprint density at radius 2 is 1.71 bits per heavy atom. The van der Waals surface area contributed by atoms with E-state index < -0.39 is 15.6 Å². The average Bonchev–Trinajstić information content (AvgIpc) is 2.17. The van der Waals surface area contributed by atoms with Gasteiger partial charge in [0.05, 0.1) is 0 Å². The van der Waals surface area contributed by atoms with Crippen LogP contribution in [0.5, 0.6) is 0 Å². The molecule has 8 heteroatoms. The first kappa shape index (κ1) is 16.1. The van der Waals surface area contributed by atoms with E-state index in [2.05, 4.69) is 4.18 Å². The second-order valence-corrected chi connectivity index (χ2v) is 4.27. The van der Waals surface area contributed by atoms with E-state index in [0.29, 0.717) is 11.8 Å². The summed E-state index contributed by atoms with van der Waals surface area (Å²) in [5.74, 6) is 0. The maximum atomic E-state index is 11.8. The summed E-state index contributed by atoms with van der Waals surface area (Å²) in [6.07, 6.45) is 1.60. The fraction of sp³-hybridized carbons (Fsp3) is 0.111. The number of alkyl halides is 3. The van der Waals surface area contributed by atoms with Crippen LogP contribution in [0.25, 0.3) is 6.08 Å². The van der Waals surface area contributed by atoms with Gasteiger partial charge in [0.1, 0.15) is 6.26 Å². The summed E-state index contributed by atoms with van der Waals surface area (Å²) in [7, 11) is -5.55. The second-order valence-electron chi connectivity index (χ2n) is 2.71. The number of rotatable bonds is 3. The van der Waals surface area contributed by atoms with Gasteiger partial charge in [0, 0.05) is 0 Å². The van der Waals surface area contributed by atoms with Gasteiger partial charge in [-0.15, -0.1) is 0 Å². The van der Waals surface area contributed by atoms with Crippen LogP contribution in [0, 0.1) is 0 Å². The third-order valence-electron chi connectivity index (χ3n) is 1.53. The Morgan fingerprint density at radius 3 is 2.18 bits per heavy atom. The molecule has 0 unspecified atom stereocenters. The minimum Gasteiger partial charge on any atom is -1.00 e. The first-order valence-electron chi connectivity index (χ1n) is 4.04. The van der Waals surface area contributed by atoms with E-state index in [1.54, 1.807) is 30.3 Å². The van der Waals surface area contributed by atoms with Crippen molar-refractivity contribution in [1.29, 1.82) is 0 Å². The third kappa shape index (κ3) is 4.85. The molecule has 0 bridgehead atoms. The normalized spacial score (nSPS) is 12.2. The van der Waals surface area contributed by atoms with Crippen molar-refractivity contribution in [2.75, 3.05) is 0 Å². The summed E-state index contributed by atoms with van der Waals surface area (Å²) >= 11 is 0. The van der Waals surface area contributed by atoms with Gasteiger partial charge in [-0.25, -0.2) is 0 Å². The molecule has 90 valence electrons. The Kier molecular flexibility index (Phi) is 5.82. The summed E-state index contributed by atoms with van der Waals surface area (Å²) in [5, 5.41) is 0. The minimum atomic E-state index is -5.55. The first-order chi connectivity index (χ1) is 7.33. The van der Waals surface area contributed by atoms with Crippen LogP contribution >= 0.6 is 0 Å². The predicted octanol–water partition coefficient (Wildman–Crippen LogP) is -0.360. The molecule has 0 spiro atoms. The maximum absolute atomic E-state index is 11.8. The van der Waals surface area contributed by atoms with Crippen LogP contribution in [0.15, 0.2) is 36.6 Å². The van der Waals surface area contributed by atoms with Crippen LogP contribution in [0.3, 0.4) is 0 Å². The molecule has 0 amide bonds. The molecule has 0 atom stereocenters. The van der Waals surface area contributed by atoms with Crippen LogP contribution in [0.2, 0.25) is 0 Å². The van der Waals surface area contributed by atoms with E-state index >= 15 is 0 Å². The van der Waals surface area contributed by atoms with E-state index in [1.165, 1.54) is 0 Å². The van der Waals surface area contributed by atoms with E-state index in [-0.39, 0.29) is 20.3 Å². The predicted molar refractivity (Wildman–Crippen MR) is 52.6 cm³/mol. The molecule has 1 aromatic rings. The number of hydrogen-bond acceptors (Lipinski definition) is 3. The Bertz CT molecular complexity index is 474. The summed E-state index contributed by atoms with van der Waals surface area (Å²) in [5.41, 5.74) is -4.88. The van der Waals surface area contributed by atoms with Gasteiger partial charge in [-0.2, -0.15) is 21.6 Å². The molecule has 0 radical (unpaired) electrons. The molecule has 17 heavy (non-hydrogen) atoms. The second kappa shape index (κ2) is 6.14. The van der Waals surface area contributed by atoms with Crippen molar-refractivity contribution >= 4 is 16.2 Å². The van der Waals surface area contributed by atoms with E-state index in [0.717, 1.165) is 6.08 Å². The molecule has 0 fully saturated rings. The zero-order valence-corrected chi connectivity index (χ0v) is 9.62. The molecule has 0 saturated carbocycles. The van der Waals surface area contributed by atoms with Gasteiger partial charge in [-0.1, -0.05) is 30.3 Å². The fourth-order valence-corrected chi connectivity index (χ4v) is 1.11. The van der Waals surface area contributed by atoms with Gasteiger partial charge in [0.15, 0.2) is 0 Å². The van der Waals surface area contributed by atoms with Crippen LogP contribution in [0.4, 0.5) is 13.2 Å². The van der Waals surface area contributed by atoms with Crippen LogP contribution in [-0.4, -0.2) is 13.9 Å². The average molecular weight is 260 g/mol. The number of hydrogen-bond donors (Lipinski definition) is 0. The monoisotopic (exact) mass is 260 g/mol. The Labute approximate surface area is 110 Å². The van der Waals surface area contributed by atoms with Gasteiger partial charge >= 0.3 is 34.5 Å². The Morgan fingerprint density at radius 1 is 1.18 bits per heavy atom. The van der Waals surface area contributed by atoms with Crippen molar-refractivity contribution in [3.8, 4) is 0 Å². The van der Waals surface area contributed by atoms with Gasteiger partial charge in [0.25, 0.3) is 0 Å². The molecule has 0 aromatic heterocycles. The minimum absolute atomic E-state index is 0. The molecule has 0 saturated heterocycles. The number of benzene rings is 1. The molecule has 0 aliphatic rings. The summed E-state index contributed by atoms with van der Waals surface area (Å²) in [6, 6.07) is 8.18. The van der Waals surface area contributed by atoms with Gasteiger partial charge in [0.2, 0.25) is 0 Å². The van der Waals surface area contributed by atoms with Crippen molar-refractivity contribution in [3.05, 3.63) is 42.2 Å². The zero-order valence-electron chi connectivity index (χ0n) is 9.81. The van der Waals surface area contributed by atoms with Crippen molar-refractivity contribution in [2.24, 2.45) is 0 Å². The molecule has 3 nitrogen and oxygen atoms in total. The standard InChI is InChI=1S/C9H7F3O3S.Li.H/c10-9(11,12)16(13,14)15-7-6-8-4-2-1-3-5-8;;/h1-7H;;/q;+1;-1. The third-order valence-corrected chi connectivity index (χ3v) is 2.46. The van der Waals surface area contributed by atoms with Crippen molar-refractivity contribution in [3.63, 3.8) is 0 Å². The maximum Gasteiger partial charge on any atom is 1.00 e. The molecule has 1 rings (SSSR count). The smallest absolute Gasteiger partial charge is 1.00 e. The molecule has 0 aliphatic heterocycles. The zero-order chi connectivity index (χ0) is 12.2. The SMILES string of the molecule is O=S(=O)(OC=Cc1ccccc1)C(F)(F)F.[H-].[Li+]. The molecule has 0 aliphatic carbocycles. The quantitative estimate of drug-likeness (QED) is 0.322. The van der Waals surface area contributed by atoms with Crippen LogP contribution in [-0.2, 0) is 14.3 Å². The summed E-state index contributed by atoms with van der Waals surface area (Å²) in [6.45, 7) is 0.